The first-order chi connectivity index (χ1) is 14.7. The minimum absolute atomic E-state index is 0.241. The van der Waals surface area contributed by atoms with Crippen molar-refractivity contribution >= 4 is 22.6 Å². The van der Waals surface area contributed by atoms with Crippen LogP contribution in [-0.2, 0) is 0 Å². The predicted molar refractivity (Wildman–Crippen MR) is 125 cm³/mol. The molecule has 0 spiro atoms. The minimum Gasteiger partial charge on any atom is -0.453 e. The normalized spacial score (nSPS) is 13.0. The quantitative estimate of drug-likeness (QED) is 0.308. The molecule has 0 saturated heterocycles. The summed E-state index contributed by atoms with van der Waals surface area (Å²) in [5, 5.41) is 0. The first-order valence-electron chi connectivity index (χ1n) is 10.2. The summed E-state index contributed by atoms with van der Waals surface area (Å²) < 4.78 is 6.12. The van der Waals surface area contributed by atoms with Crippen LogP contribution < -0.4 is 9.64 Å². The Morgan fingerprint density at radius 3 is 1.83 bits per heavy atom. The van der Waals surface area contributed by atoms with Gasteiger partial charge in [-0.1, -0.05) is 80.2 Å². The summed E-state index contributed by atoms with van der Waals surface area (Å²) in [7, 11) is 0. The van der Waals surface area contributed by atoms with E-state index >= 15 is 0 Å². The summed E-state index contributed by atoms with van der Waals surface area (Å²) in [6.07, 6.45) is 0. The number of hydrogen-bond donors (Lipinski definition) is 0. The number of para-hydroxylation sites is 4. The lowest BCUT2D eigenvalue weighted by Gasteiger charge is -2.33. The summed E-state index contributed by atoms with van der Waals surface area (Å²) in [5.74, 6) is 1.97. The van der Waals surface area contributed by atoms with Gasteiger partial charge in [-0.05, 0) is 53.1 Å². The van der Waals surface area contributed by atoms with Gasteiger partial charge in [0.05, 0.1) is 11.4 Å². The highest BCUT2D eigenvalue weighted by Gasteiger charge is 2.25. The molecule has 0 fully saturated rings. The van der Waals surface area contributed by atoms with Gasteiger partial charge in [-0.2, -0.15) is 0 Å². The van der Waals surface area contributed by atoms with Crippen LogP contribution >= 0.6 is 0 Å². The SMILES string of the molecule is C=C(c1ccccc1)C(C)c1ccc(N2c3ccccc3Oc3ccccc32)cc1. The van der Waals surface area contributed by atoms with Crippen molar-refractivity contribution in [2.75, 3.05) is 4.90 Å². The van der Waals surface area contributed by atoms with E-state index in [9.17, 15) is 0 Å². The maximum Gasteiger partial charge on any atom is 0.151 e. The Balaban J connectivity index is 1.50. The molecule has 0 N–H and O–H groups in total. The largest absolute Gasteiger partial charge is 0.453 e. The van der Waals surface area contributed by atoms with E-state index in [0.29, 0.717) is 0 Å². The lowest BCUT2D eigenvalue weighted by Crippen LogP contribution is -2.15. The number of hydrogen-bond acceptors (Lipinski definition) is 2. The maximum absolute atomic E-state index is 6.12. The summed E-state index contributed by atoms with van der Waals surface area (Å²) in [6, 6.07) is 35.5. The second kappa shape index (κ2) is 7.57. The van der Waals surface area contributed by atoms with Gasteiger partial charge < -0.3 is 9.64 Å². The van der Waals surface area contributed by atoms with Gasteiger partial charge in [0.1, 0.15) is 0 Å². The van der Waals surface area contributed by atoms with Crippen LogP contribution in [0.1, 0.15) is 24.0 Å². The average molecular weight is 389 g/mol. The molecular weight excluding hydrogens is 366 g/mol. The van der Waals surface area contributed by atoms with Gasteiger partial charge in [0.2, 0.25) is 0 Å². The molecule has 1 atom stereocenters. The molecule has 0 aromatic heterocycles. The molecular formula is C28H23NO. The number of allylic oxidation sites excluding steroid dienone is 1. The Kier molecular flexibility index (Phi) is 4.61. The van der Waals surface area contributed by atoms with E-state index in [-0.39, 0.29) is 5.92 Å². The number of anilines is 3. The third-order valence-corrected chi connectivity index (χ3v) is 5.75. The highest BCUT2D eigenvalue weighted by Crippen LogP contribution is 2.50. The van der Waals surface area contributed by atoms with E-state index in [4.69, 9.17) is 4.74 Å². The van der Waals surface area contributed by atoms with Crippen molar-refractivity contribution in [1.29, 1.82) is 0 Å². The van der Waals surface area contributed by atoms with Crippen molar-refractivity contribution < 1.29 is 4.74 Å². The molecule has 2 nitrogen and oxygen atoms in total. The molecule has 0 bridgehead atoms. The van der Waals surface area contributed by atoms with Crippen LogP contribution in [0.3, 0.4) is 0 Å². The Bertz CT molecular complexity index is 1150. The van der Waals surface area contributed by atoms with E-state index in [0.717, 1.165) is 34.1 Å². The molecule has 2 heteroatoms. The molecule has 1 unspecified atom stereocenters. The van der Waals surface area contributed by atoms with Gasteiger partial charge in [0, 0.05) is 11.6 Å². The van der Waals surface area contributed by atoms with Crippen LogP contribution in [0.25, 0.3) is 5.57 Å². The fourth-order valence-corrected chi connectivity index (χ4v) is 4.00. The van der Waals surface area contributed by atoms with Crippen LogP contribution in [0, 0.1) is 0 Å². The summed E-state index contributed by atoms with van der Waals surface area (Å²) in [5.41, 5.74) is 6.77. The molecule has 5 rings (SSSR count). The first-order valence-corrected chi connectivity index (χ1v) is 10.2. The molecule has 1 aliphatic rings. The molecule has 1 aliphatic heterocycles. The van der Waals surface area contributed by atoms with Crippen molar-refractivity contribution in [1.82, 2.24) is 0 Å². The predicted octanol–water partition coefficient (Wildman–Crippen LogP) is 8.08. The number of fused-ring (bicyclic) bond motifs is 2. The smallest absolute Gasteiger partial charge is 0.151 e. The van der Waals surface area contributed by atoms with Crippen LogP contribution in [0.15, 0.2) is 110 Å². The molecule has 146 valence electrons. The second-order valence-electron chi connectivity index (χ2n) is 7.58. The second-order valence-corrected chi connectivity index (χ2v) is 7.58. The molecule has 0 saturated carbocycles. The third-order valence-electron chi connectivity index (χ3n) is 5.75. The van der Waals surface area contributed by atoms with Gasteiger partial charge in [-0.3, -0.25) is 0 Å². The zero-order chi connectivity index (χ0) is 20.5. The molecule has 4 aromatic rings. The van der Waals surface area contributed by atoms with E-state index in [1.54, 1.807) is 0 Å². The molecule has 30 heavy (non-hydrogen) atoms. The third kappa shape index (κ3) is 3.17. The van der Waals surface area contributed by atoms with Crippen LogP contribution in [0.4, 0.5) is 17.1 Å². The van der Waals surface area contributed by atoms with Crippen molar-refractivity contribution in [2.45, 2.75) is 12.8 Å². The van der Waals surface area contributed by atoms with Crippen molar-refractivity contribution in [3.05, 3.63) is 121 Å². The van der Waals surface area contributed by atoms with Gasteiger partial charge in [-0.25, -0.2) is 0 Å². The van der Waals surface area contributed by atoms with Gasteiger partial charge in [0.15, 0.2) is 11.5 Å². The Hall–Kier alpha value is -3.78. The zero-order valence-electron chi connectivity index (χ0n) is 17.0. The number of nitrogens with zero attached hydrogens (tertiary/aromatic N) is 1. The Labute approximate surface area is 177 Å². The fourth-order valence-electron chi connectivity index (χ4n) is 4.00. The van der Waals surface area contributed by atoms with E-state index in [1.165, 1.54) is 11.1 Å². The van der Waals surface area contributed by atoms with Gasteiger partial charge in [0.25, 0.3) is 0 Å². The van der Waals surface area contributed by atoms with Crippen LogP contribution in [0.2, 0.25) is 0 Å². The van der Waals surface area contributed by atoms with Gasteiger partial charge >= 0.3 is 0 Å². The van der Waals surface area contributed by atoms with E-state index < -0.39 is 0 Å². The topological polar surface area (TPSA) is 12.5 Å². The van der Waals surface area contributed by atoms with Crippen molar-refractivity contribution in [3.63, 3.8) is 0 Å². The first kappa shape index (κ1) is 18.3. The number of rotatable bonds is 4. The highest BCUT2D eigenvalue weighted by molar-refractivity contribution is 5.86. The van der Waals surface area contributed by atoms with Gasteiger partial charge in [-0.15, -0.1) is 0 Å². The van der Waals surface area contributed by atoms with Crippen LogP contribution in [-0.4, -0.2) is 0 Å². The summed E-state index contributed by atoms with van der Waals surface area (Å²) in [6.45, 7) is 6.56. The molecule has 1 heterocycles. The lowest BCUT2D eigenvalue weighted by molar-refractivity contribution is 0.477. The van der Waals surface area contributed by atoms with Crippen LogP contribution in [0.5, 0.6) is 11.5 Å². The zero-order valence-corrected chi connectivity index (χ0v) is 17.0. The van der Waals surface area contributed by atoms with E-state index in [2.05, 4.69) is 79.1 Å². The fraction of sp³-hybridized carbons (Fsp3) is 0.0714. The molecule has 0 aliphatic carbocycles. The van der Waals surface area contributed by atoms with E-state index in [1.807, 2.05) is 42.5 Å². The highest BCUT2D eigenvalue weighted by atomic mass is 16.5. The summed E-state index contributed by atoms with van der Waals surface area (Å²) in [4.78, 5) is 2.26. The van der Waals surface area contributed by atoms with Crippen molar-refractivity contribution in [2.24, 2.45) is 0 Å². The minimum atomic E-state index is 0.241. The lowest BCUT2D eigenvalue weighted by atomic mass is 9.89. The summed E-state index contributed by atoms with van der Waals surface area (Å²) >= 11 is 0. The van der Waals surface area contributed by atoms with Crippen molar-refractivity contribution in [3.8, 4) is 11.5 Å². The average Bonchev–Trinajstić information content (AvgIpc) is 2.82. The maximum atomic E-state index is 6.12. The molecule has 0 amide bonds. The molecule has 0 radical (unpaired) electrons. The standard InChI is InChI=1S/C28H23NO/c1-20(22-10-4-3-5-11-22)21(2)23-16-18-24(19-17-23)29-25-12-6-8-14-27(25)30-28-15-9-7-13-26(28)29/h3-19,21H,1H2,2H3. The molecule has 4 aromatic carbocycles. The number of ether oxygens (including phenoxy) is 1. The Morgan fingerprint density at radius 1 is 0.700 bits per heavy atom. The Morgan fingerprint density at radius 2 is 1.23 bits per heavy atom. The number of benzene rings is 4. The monoisotopic (exact) mass is 389 g/mol.